The van der Waals surface area contributed by atoms with E-state index in [-0.39, 0.29) is 25.4 Å². The maximum Gasteiger partial charge on any atom is 0.364 e. The molecule has 4 aliphatic carbocycles. The van der Waals surface area contributed by atoms with Gasteiger partial charge >= 0.3 is 5.97 Å². The van der Waals surface area contributed by atoms with Gasteiger partial charge in [0, 0.05) is 19.1 Å². The number of aliphatic hydroxyl groups excluding tert-OH is 3. The number of carbonyl (C=O) groups is 1. The summed E-state index contributed by atoms with van der Waals surface area (Å²) in [5.74, 6) is -2.44. The van der Waals surface area contributed by atoms with Crippen LogP contribution in [0.15, 0.2) is 0 Å². The van der Waals surface area contributed by atoms with Gasteiger partial charge in [0.25, 0.3) is 5.79 Å². The number of aliphatic carboxylic acids is 1. The van der Waals surface area contributed by atoms with Crippen LogP contribution in [0.25, 0.3) is 0 Å². The molecule has 6 N–H and O–H groups in total. The van der Waals surface area contributed by atoms with Gasteiger partial charge in [0.1, 0.15) is 18.3 Å². The second kappa shape index (κ2) is 11.2. The van der Waals surface area contributed by atoms with Crippen LogP contribution in [-0.2, 0) is 23.7 Å². The van der Waals surface area contributed by atoms with Gasteiger partial charge in [-0.2, -0.15) is 0 Å². The van der Waals surface area contributed by atoms with Crippen molar-refractivity contribution in [1.29, 1.82) is 0 Å². The normalized spacial score (nSPS) is 42.2. The van der Waals surface area contributed by atoms with Crippen molar-refractivity contribution in [2.24, 2.45) is 17.8 Å². The zero-order valence-corrected chi connectivity index (χ0v) is 20.4. The molecule has 0 aromatic carbocycles. The molecule has 0 spiro atoms. The number of carboxylic acid groups (broad SMARTS) is 1. The molecule has 4 saturated carbocycles. The number of methoxy groups -OCH3 is 1. The Bertz CT molecular complexity index is 687. The quantitative estimate of drug-likeness (QED) is 0.175. The Hall–Kier alpha value is -0.890. The lowest BCUT2D eigenvalue weighted by Crippen LogP contribution is -2.71. The van der Waals surface area contributed by atoms with Crippen molar-refractivity contribution in [3.8, 4) is 0 Å². The minimum Gasteiger partial charge on any atom is -0.477 e. The maximum atomic E-state index is 11.7. The number of aliphatic hydroxyl groups is 4. The largest absolute Gasteiger partial charge is 0.477 e. The van der Waals surface area contributed by atoms with Gasteiger partial charge in [0.05, 0.1) is 45.2 Å². The first-order valence-electron chi connectivity index (χ1n) is 12.7. The second-order valence-electron chi connectivity index (χ2n) is 11.0. The number of hydrogen-bond acceptors (Lipinski definition) is 10. The molecule has 5 aliphatic rings. The van der Waals surface area contributed by atoms with Crippen LogP contribution >= 0.6 is 0 Å². The number of hydrogen-bond donors (Lipinski definition) is 6. The lowest BCUT2D eigenvalue weighted by molar-refractivity contribution is -0.298. The fourth-order valence-electron chi connectivity index (χ4n) is 7.10. The third-order valence-electron chi connectivity index (χ3n) is 8.25. The number of ether oxygens (including phenoxy) is 4. The van der Waals surface area contributed by atoms with E-state index in [0.717, 1.165) is 19.3 Å². The summed E-state index contributed by atoms with van der Waals surface area (Å²) >= 11 is 0. The summed E-state index contributed by atoms with van der Waals surface area (Å²) in [5, 5.41) is 56.1. The van der Waals surface area contributed by atoms with Crippen molar-refractivity contribution >= 4 is 5.97 Å². The molecule has 35 heavy (non-hydrogen) atoms. The Labute approximate surface area is 205 Å². The topological polar surface area (TPSA) is 167 Å². The van der Waals surface area contributed by atoms with Gasteiger partial charge < -0.3 is 49.8 Å². The van der Waals surface area contributed by atoms with E-state index in [1.165, 1.54) is 19.3 Å². The minimum absolute atomic E-state index is 0.176. The lowest BCUT2D eigenvalue weighted by Gasteiger charge is -2.59. The van der Waals surface area contributed by atoms with E-state index in [1.807, 2.05) is 0 Å². The average Bonchev–Trinajstić information content (AvgIpc) is 2.78. The molecule has 1 saturated heterocycles. The van der Waals surface area contributed by atoms with Crippen molar-refractivity contribution < 1.29 is 49.3 Å². The Morgan fingerprint density at radius 3 is 2.14 bits per heavy atom. The first kappa shape index (κ1) is 27.2. The van der Waals surface area contributed by atoms with Crippen LogP contribution in [0, 0.1) is 17.8 Å². The summed E-state index contributed by atoms with van der Waals surface area (Å²) in [6.07, 6.45) is 0.335. The molecule has 1 heterocycles. The van der Waals surface area contributed by atoms with Crippen LogP contribution in [0.2, 0.25) is 0 Å². The summed E-state index contributed by atoms with van der Waals surface area (Å²) in [4.78, 5) is 11.7. The molecule has 11 heteroatoms. The predicted molar refractivity (Wildman–Crippen MR) is 121 cm³/mol. The lowest BCUT2D eigenvalue weighted by atomic mass is 9.52. The Morgan fingerprint density at radius 1 is 1.00 bits per heavy atom. The van der Waals surface area contributed by atoms with E-state index in [9.17, 15) is 30.3 Å². The molecular weight excluding hydrogens is 462 g/mol. The fourth-order valence-corrected chi connectivity index (χ4v) is 7.10. The SMILES string of the molecule is COCCOCCOC[C@@H](O)[C@@H](O)C1OC(O)(C(=O)O)C[C@H](O)[C@H]1NC12CC3CC(CC(C3)C1)C2. The van der Waals surface area contributed by atoms with E-state index < -0.39 is 48.6 Å². The van der Waals surface area contributed by atoms with E-state index in [2.05, 4.69) is 5.32 Å². The molecule has 11 nitrogen and oxygen atoms in total. The van der Waals surface area contributed by atoms with Crippen LogP contribution in [0.5, 0.6) is 0 Å². The van der Waals surface area contributed by atoms with Crippen molar-refractivity contribution in [1.82, 2.24) is 5.32 Å². The molecular formula is C24H41NO10. The molecule has 202 valence electrons. The van der Waals surface area contributed by atoms with Crippen LogP contribution in [0.1, 0.15) is 44.9 Å². The van der Waals surface area contributed by atoms with Gasteiger partial charge in [0.2, 0.25) is 0 Å². The second-order valence-corrected chi connectivity index (χ2v) is 11.0. The monoisotopic (exact) mass is 503 g/mol. The fraction of sp³-hybridized carbons (Fsp3) is 0.958. The highest BCUT2D eigenvalue weighted by atomic mass is 16.7. The molecule has 5 rings (SSSR count). The van der Waals surface area contributed by atoms with Crippen LogP contribution in [0.3, 0.4) is 0 Å². The maximum absolute atomic E-state index is 11.7. The number of carboxylic acids is 1. The first-order chi connectivity index (χ1) is 16.6. The molecule has 0 radical (unpaired) electrons. The van der Waals surface area contributed by atoms with Crippen molar-refractivity contribution in [3.63, 3.8) is 0 Å². The van der Waals surface area contributed by atoms with E-state index >= 15 is 0 Å². The Morgan fingerprint density at radius 2 is 1.57 bits per heavy atom. The van der Waals surface area contributed by atoms with Gasteiger partial charge in [-0.25, -0.2) is 4.79 Å². The van der Waals surface area contributed by atoms with Gasteiger partial charge in [0.15, 0.2) is 0 Å². The third kappa shape index (κ3) is 6.16. The van der Waals surface area contributed by atoms with E-state index in [4.69, 9.17) is 18.9 Å². The summed E-state index contributed by atoms with van der Waals surface area (Å²) in [7, 11) is 1.57. The van der Waals surface area contributed by atoms with E-state index in [1.54, 1.807) is 7.11 Å². The summed E-state index contributed by atoms with van der Waals surface area (Å²) < 4.78 is 21.1. The number of nitrogens with one attached hydrogen (secondary N) is 1. The molecule has 2 unspecified atom stereocenters. The summed E-state index contributed by atoms with van der Waals surface area (Å²) in [5.41, 5.74) is -0.221. The molecule has 0 aromatic rings. The van der Waals surface area contributed by atoms with Gasteiger partial charge in [-0.05, 0) is 56.3 Å². The van der Waals surface area contributed by atoms with Gasteiger partial charge in [-0.15, -0.1) is 0 Å². The summed E-state index contributed by atoms with van der Waals surface area (Å²) in [6.45, 7) is 1.06. The predicted octanol–water partition coefficient (Wildman–Crippen LogP) is -0.762. The third-order valence-corrected chi connectivity index (χ3v) is 8.25. The Balaban J connectivity index is 1.41. The molecule has 0 amide bonds. The minimum atomic E-state index is -2.67. The molecule has 4 bridgehead atoms. The standard InChI is InChI=1S/C24H41NO10/c1-32-2-3-33-4-5-34-13-18(27)20(28)21-19(17(26)12-24(31,35-21)22(29)30)25-23-9-14-6-15(10-23)8-16(7-14)11-23/h14-21,25-28,31H,2-13H2,1H3,(H,29,30)/t14?,15?,16?,17-,18+,19+,20+,21?,23?,24?/m0/s1. The Kier molecular flexibility index (Phi) is 8.72. The first-order valence-corrected chi connectivity index (χ1v) is 12.7. The van der Waals surface area contributed by atoms with Crippen LogP contribution in [0.4, 0.5) is 0 Å². The van der Waals surface area contributed by atoms with Gasteiger partial charge in [-0.1, -0.05) is 0 Å². The molecule has 1 aliphatic heterocycles. The zero-order valence-electron chi connectivity index (χ0n) is 20.4. The highest BCUT2D eigenvalue weighted by molar-refractivity contribution is 5.75. The van der Waals surface area contributed by atoms with E-state index in [0.29, 0.717) is 31.0 Å². The average molecular weight is 504 g/mol. The molecule has 6 atom stereocenters. The number of rotatable bonds is 13. The molecule has 0 aromatic heterocycles. The highest BCUT2D eigenvalue weighted by Crippen LogP contribution is 2.56. The van der Waals surface area contributed by atoms with Crippen molar-refractivity contribution in [3.05, 3.63) is 0 Å². The smallest absolute Gasteiger partial charge is 0.364 e. The van der Waals surface area contributed by atoms with Crippen molar-refractivity contribution in [2.75, 3.05) is 40.1 Å². The highest BCUT2D eigenvalue weighted by Gasteiger charge is 2.57. The van der Waals surface area contributed by atoms with Gasteiger partial charge in [-0.3, -0.25) is 0 Å². The summed E-state index contributed by atoms with van der Waals surface area (Å²) in [6, 6.07) is -0.854. The van der Waals surface area contributed by atoms with Crippen LogP contribution < -0.4 is 5.32 Å². The zero-order chi connectivity index (χ0) is 25.2. The van der Waals surface area contributed by atoms with Crippen LogP contribution in [-0.4, -0.2) is 113 Å². The van der Waals surface area contributed by atoms with Crippen molar-refractivity contribution in [2.45, 2.75) is 86.7 Å². The molecule has 5 fully saturated rings.